The van der Waals surface area contributed by atoms with E-state index in [0.717, 1.165) is 11.4 Å². The van der Waals surface area contributed by atoms with E-state index in [9.17, 15) is 4.79 Å². The highest BCUT2D eigenvalue weighted by Crippen LogP contribution is 2.33. The molecule has 0 saturated heterocycles. The molecule has 2 aromatic rings. The first-order valence-corrected chi connectivity index (χ1v) is 7.24. The Labute approximate surface area is 124 Å². The van der Waals surface area contributed by atoms with Crippen LogP contribution in [-0.2, 0) is 0 Å². The van der Waals surface area contributed by atoms with Crippen molar-refractivity contribution in [1.82, 2.24) is 4.98 Å². The van der Waals surface area contributed by atoms with Crippen LogP contribution in [0.25, 0.3) is 0 Å². The fraction of sp³-hybridized carbons (Fsp3) is 0.294. The standard InChI is InChI=1S/C17H19N3O/c1-12(2)15-11-20(16-6-4-3-5-14(16)19-15)17(21)13-7-9-18-10-8-13/h3-10,12,15,19H,11H2,1-2H3. The molecule has 0 spiro atoms. The van der Waals surface area contributed by atoms with E-state index in [4.69, 9.17) is 0 Å². The van der Waals surface area contributed by atoms with Crippen molar-refractivity contribution >= 4 is 17.3 Å². The molecule has 3 rings (SSSR count). The molecule has 1 aromatic carbocycles. The number of pyridine rings is 1. The summed E-state index contributed by atoms with van der Waals surface area (Å²) in [5.41, 5.74) is 2.63. The van der Waals surface area contributed by atoms with Crippen molar-refractivity contribution in [3.8, 4) is 0 Å². The minimum atomic E-state index is 0.0250. The fourth-order valence-electron chi connectivity index (χ4n) is 2.59. The molecule has 4 nitrogen and oxygen atoms in total. The van der Waals surface area contributed by atoms with E-state index in [2.05, 4.69) is 24.1 Å². The summed E-state index contributed by atoms with van der Waals surface area (Å²) in [4.78, 5) is 18.6. The van der Waals surface area contributed by atoms with E-state index in [1.54, 1.807) is 24.5 Å². The highest BCUT2D eigenvalue weighted by Gasteiger charge is 2.29. The number of para-hydroxylation sites is 2. The Morgan fingerprint density at radius 3 is 2.67 bits per heavy atom. The number of carbonyl (C=O) groups excluding carboxylic acids is 1. The normalized spacial score (nSPS) is 17.3. The molecule has 1 aliphatic heterocycles. The van der Waals surface area contributed by atoms with Crippen LogP contribution >= 0.6 is 0 Å². The van der Waals surface area contributed by atoms with Crippen molar-refractivity contribution < 1.29 is 4.79 Å². The maximum atomic E-state index is 12.8. The SMILES string of the molecule is CC(C)C1CN(C(=O)c2ccncc2)c2ccccc2N1. The number of nitrogens with zero attached hydrogens (tertiary/aromatic N) is 2. The lowest BCUT2D eigenvalue weighted by atomic mass is 9.99. The van der Waals surface area contributed by atoms with Crippen molar-refractivity contribution in [1.29, 1.82) is 0 Å². The Bertz CT molecular complexity index is 639. The van der Waals surface area contributed by atoms with Gasteiger partial charge in [0, 0.05) is 30.5 Å². The molecule has 0 saturated carbocycles. The second-order valence-electron chi connectivity index (χ2n) is 5.66. The number of hydrogen-bond donors (Lipinski definition) is 1. The zero-order valence-electron chi connectivity index (χ0n) is 12.3. The van der Waals surface area contributed by atoms with E-state index in [1.165, 1.54) is 0 Å². The fourth-order valence-corrected chi connectivity index (χ4v) is 2.59. The number of nitrogens with one attached hydrogen (secondary N) is 1. The van der Waals surface area contributed by atoms with E-state index >= 15 is 0 Å². The topological polar surface area (TPSA) is 45.2 Å². The third kappa shape index (κ3) is 2.61. The Kier molecular flexibility index (Phi) is 3.60. The maximum absolute atomic E-state index is 12.8. The minimum Gasteiger partial charge on any atom is -0.379 e. The predicted octanol–water partition coefficient (Wildman–Crippen LogP) is 3.18. The summed E-state index contributed by atoms with van der Waals surface area (Å²) >= 11 is 0. The summed E-state index contributed by atoms with van der Waals surface area (Å²) in [6.07, 6.45) is 3.31. The molecule has 0 fully saturated rings. The molecule has 4 heteroatoms. The van der Waals surface area contributed by atoms with Crippen LogP contribution in [0.1, 0.15) is 24.2 Å². The van der Waals surface area contributed by atoms with Crippen LogP contribution in [0, 0.1) is 5.92 Å². The average Bonchev–Trinajstić information content (AvgIpc) is 2.54. The highest BCUT2D eigenvalue weighted by molar-refractivity contribution is 6.08. The first-order chi connectivity index (χ1) is 10.2. The minimum absolute atomic E-state index is 0.0250. The van der Waals surface area contributed by atoms with E-state index in [-0.39, 0.29) is 11.9 Å². The van der Waals surface area contributed by atoms with Gasteiger partial charge in [0.2, 0.25) is 0 Å². The highest BCUT2D eigenvalue weighted by atomic mass is 16.2. The van der Waals surface area contributed by atoms with Gasteiger partial charge in [0.15, 0.2) is 0 Å². The van der Waals surface area contributed by atoms with Gasteiger partial charge >= 0.3 is 0 Å². The van der Waals surface area contributed by atoms with Gasteiger partial charge in [-0.25, -0.2) is 0 Å². The van der Waals surface area contributed by atoms with E-state index in [1.807, 2.05) is 29.2 Å². The number of hydrogen-bond acceptors (Lipinski definition) is 3. The maximum Gasteiger partial charge on any atom is 0.258 e. The summed E-state index contributed by atoms with van der Waals surface area (Å²) in [7, 11) is 0. The molecule has 0 radical (unpaired) electrons. The monoisotopic (exact) mass is 281 g/mol. The number of benzene rings is 1. The second kappa shape index (κ2) is 5.56. The summed E-state index contributed by atoms with van der Waals surface area (Å²) < 4.78 is 0. The number of fused-ring (bicyclic) bond motifs is 1. The van der Waals surface area contributed by atoms with Gasteiger partial charge in [-0.3, -0.25) is 9.78 Å². The predicted molar refractivity (Wildman–Crippen MR) is 84.6 cm³/mol. The number of aromatic nitrogens is 1. The molecular weight excluding hydrogens is 262 g/mol. The van der Waals surface area contributed by atoms with Crippen molar-refractivity contribution in [2.24, 2.45) is 5.92 Å². The van der Waals surface area contributed by atoms with Crippen LogP contribution in [-0.4, -0.2) is 23.5 Å². The van der Waals surface area contributed by atoms with Crippen LogP contribution in [0.4, 0.5) is 11.4 Å². The van der Waals surface area contributed by atoms with Crippen LogP contribution in [0.15, 0.2) is 48.8 Å². The van der Waals surface area contributed by atoms with Gasteiger partial charge in [-0.05, 0) is 30.2 Å². The van der Waals surface area contributed by atoms with Crippen molar-refractivity contribution in [2.75, 3.05) is 16.8 Å². The smallest absolute Gasteiger partial charge is 0.258 e. The lowest BCUT2D eigenvalue weighted by molar-refractivity contribution is 0.0983. The Morgan fingerprint density at radius 2 is 1.95 bits per heavy atom. The Hall–Kier alpha value is -2.36. The third-order valence-corrected chi connectivity index (χ3v) is 3.89. The molecule has 1 unspecified atom stereocenters. The number of rotatable bonds is 2. The van der Waals surface area contributed by atoms with Crippen LogP contribution in [0.5, 0.6) is 0 Å². The molecule has 21 heavy (non-hydrogen) atoms. The first kappa shape index (κ1) is 13.6. The van der Waals surface area contributed by atoms with Gasteiger partial charge in [-0.15, -0.1) is 0 Å². The summed E-state index contributed by atoms with van der Waals surface area (Å²) in [6, 6.07) is 11.7. The number of carbonyl (C=O) groups is 1. The lowest BCUT2D eigenvalue weighted by Gasteiger charge is -2.37. The largest absolute Gasteiger partial charge is 0.379 e. The molecule has 1 atom stereocenters. The summed E-state index contributed by atoms with van der Waals surface area (Å²) in [6.45, 7) is 5.01. The zero-order valence-corrected chi connectivity index (χ0v) is 12.3. The van der Waals surface area contributed by atoms with Crippen molar-refractivity contribution in [3.63, 3.8) is 0 Å². The zero-order chi connectivity index (χ0) is 14.8. The number of amides is 1. The summed E-state index contributed by atoms with van der Waals surface area (Å²) in [5, 5.41) is 3.53. The average molecular weight is 281 g/mol. The van der Waals surface area contributed by atoms with Gasteiger partial charge in [-0.2, -0.15) is 0 Å². The molecule has 1 amide bonds. The third-order valence-electron chi connectivity index (χ3n) is 3.89. The molecule has 0 bridgehead atoms. The first-order valence-electron chi connectivity index (χ1n) is 7.24. The van der Waals surface area contributed by atoms with Crippen LogP contribution < -0.4 is 10.2 Å². The van der Waals surface area contributed by atoms with Gasteiger partial charge in [-0.1, -0.05) is 26.0 Å². The van der Waals surface area contributed by atoms with E-state index in [0.29, 0.717) is 18.0 Å². The quantitative estimate of drug-likeness (QED) is 0.919. The van der Waals surface area contributed by atoms with Gasteiger partial charge in [0.05, 0.1) is 11.4 Å². The second-order valence-corrected chi connectivity index (χ2v) is 5.66. The van der Waals surface area contributed by atoms with Crippen LogP contribution in [0.2, 0.25) is 0 Å². The molecule has 0 aliphatic carbocycles. The van der Waals surface area contributed by atoms with Crippen molar-refractivity contribution in [2.45, 2.75) is 19.9 Å². The van der Waals surface area contributed by atoms with Crippen LogP contribution in [0.3, 0.4) is 0 Å². The molecule has 1 N–H and O–H groups in total. The Balaban J connectivity index is 1.99. The van der Waals surface area contributed by atoms with Gasteiger partial charge in [0.1, 0.15) is 0 Å². The molecule has 1 aromatic heterocycles. The molecule has 108 valence electrons. The molecular formula is C17H19N3O. The van der Waals surface area contributed by atoms with Gasteiger partial charge < -0.3 is 10.2 Å². The van der Waals surface area contributed by atoms with Gasteiger partial charge in [0.25, 0.3) is 5.91 Å². The summed E-state index contributed by atoms with van der Waals surface area (Å²) in [5.74, 6) is 0.475. The van der Waals surface area contributed by atoms with E-state index < -0.39 is 0 Å². The number of anilines is 2. The lowest BCUT2D eigenvalue weighted by Crippen LogP contribution is -2.47. The van der Waals surface area contributed by atoms with Crippen molar-refractivity contribution in [3.05, 3.63) is 54.4 Å². The molecule has 2 heterocycles. The Morgan fingerprint density at radius 1 is 1.24 bits per heavy atom. The molecule has 1 aliphatic rings.